The van der Waals surface area contributed by atoms with E-state index in [9.17, 15) is 4.39 Å². The normalized spacial score (nSPS) is 19.7. The fraction of sp³-hybridized carbons (Fsp3) is 0.529. The molecule has 1 heterocycles. The van der Waals surface area contributed by atoms with Crippen molar-refractivity contribution in [2.24, 2.45) is 11.3 Å². The van der Waals surface area contributed by atoms with E-state index < -0.39 is 0 Å². The summed E-state index contributed by atoms with van der Waals surface area (Å²) in [7, 11) is 0. The van der Waals surface area contributed by atoms with Gasteiger partial charge in [0.05, 0.1) is 5.52 Å². The summed E-state index contributed by atoms with van der Waals surface area (Å²) in [6.45, 7) is 6.99. The smallest absolute Gasteiger partial charge is 0.147 e. The Bertz CT molecular complexity index is 609. The minimum atomic E-state index is -0.127. The summed E-state index contributed by atoms with van der Waals surface area (Å²) in [6, 6.07) is 5.41. The number of hydrogen-bond acceptors (Lipinski definition) is 0. The van der Waals surface area contributed by atoms with Gasteiger partial charge in [-0.2, -0.15) is 0 Å². The third kappa shape index (κ3) is 1.98. The largest absolute Gasteiger partial charge is 0.356 e. The van der Waals surface area contributed by atoms with Crippen LogP contribution >= 0.6 is 0 Å². The van der Waals surface area contributed by atoms with Gasteiger partial charge in [-0.1, -0.05) is 39.3 Å². The van der Waals surface area contributed by atoms with Crippen LogP contribution in [0.4, 0.5) is 4.39 Å². The van der Waals surface area contributed by atoms with Crippen molar-refractivity contribution in [3.8, 4) is 0 Å². The number of aromatic amines is 1. The zero-order chi connectivity index (χ0) is 13.6. The summed E-state index contributed by atoms with van der Waals surface area (Å²) in [4.78, 5) is 3.30. The van der Waals surface area contributed by atoms with Gasteiger partial charge in [-0.15, -0.1) is 0 Å². The summed E-state index contributed by atoms with van der Waals surface area (Å²) >= 11 is 0. The first kappa shape index (κ1) is 12.7. The molecule has 1 aliphatic rings. The quantitative estimate of drug-likeness (QED) is 0.793. The molecule has 0 amide bonds. The van der Waals surface area contributed by atoms with Crippen LogP contribution in [0.3, 0.4) is 0 Å². The molecular weight excluding hydrogens is 237 g/mol. The monoisotopic (exact) mass is 259 g/mol. The third-order valence-corrected chi connectivity index (χ3v) is 5.19. The van der Waals surface area contributed by atoms with Crippen molar-refractivity contribution in [2.45, 2.75) is 46.5 Å². The second-order valence-electron chi connectivity index (χ2n) is 6.53. The number of aryl methyl sites for hydroxylation is 1. The maximum atomic E-state index is 13.8. The van der Waals surface area contributed by atoms with Crippen LogP contribution in [-0.4, -0.2) is 4.98 Å². The molecular formula is C17H22FN. The molecule has 3 rings (SSSR count). The maximum Gasteiger partial charge on any atom is 0.147 e. The fourth-order valence-corrected chi connectivity index (χ4v) is 3.36. The van der Waals surface area contributed by atoms with Crippen molar-refractivity contribution in [3.05, 3.63) is 35.3 Å². The first-order valence-corrected chi connectivity index (χ1v) is 7.31. The summed E-state index contributed by atoms with van der Waals surface area (Å²) in [6.07, 6.45) is 4.54. The summed E-state index contributed by atoms with van der Waals surface area (Å²) in [5.41, 5.74) is 3.67. The van der Waals surface area contributed by atoms with Gasteiger partial charge in [-0.3, -0.25) is 0 Å². The minimum Gasteiger partial charge on any atom is -0.356 e. The maximum absolute atomic E-state index is 13.8. The van der Waals surface area contributed by atoms with Crippen LogP contribution in [0.15, 0.2) is 18.2 Å². The average Bonchev–Trinajstić information content (AvgIpc) is 2.78. The van der Waals surface area contributed by atoms with Gasteiger partial charge in [-0.25, -0.2) is 4.39 Å². The van der Waals surface area contributed by atoms with Gasteiger partial charge >= 0.3 is 0 Å². The van der Waals surface area contributed by atoms with Crippen LogP contribution < -0.4 is 0 Å². The summed E-state index contributed by atoms with van der Waals surface area (Å²) in [5.74, 6) is 0.575. The molecule has 2 aromatic rings. The molecule has 1 N–H and O–H groups in total. The Morgan fingerprint density at radius 1 is 1.37 bits per heavy atom. The Balaban J connectivity index is 2.05. The summed E-state index contributed by atoms with van der Waals surface area (Å²) in [5, 5.41) is 1.09. The predicted molar refractivity (Wildman–Crippen MR) is 77.8 cm³/mol. The zero-order valence-corrected chi connectivity index (χ0v) is 12.0. The third-order valence-electron chi connectivity index (χ3n) is 5.19. The molecule has 0 bridgehead atoms. The van der Waals surface area contributed by atoms with Gasteiger partial charge in [0.2, 0.25) is 0 Å². The molecule has 1 aromatic heterocycles. The van der Waals surface area contributed by atoms with E-state index in [0.29, 0.717) is 16.8 Å². The number of nitrogens with one attached hydrogen (secondary N) is 1. The van der Waals surface area contributed by atoms with E-state index in [1.54, 1.807) is 0 Å². The number of benzene rings is 1. The molecule has 1 aliphatic carbocycles. The van der Waals surface area contributed by atoms with Gasteiger partial charge in [-0.05, 0) is 42.2 Å². The van der Waals surface area contributed by atoms with E-state index >= 15 is 0 Å². The molecule has 0 saturated carbocycles. The molecule has 0 aliphatic heterocycles. The Hall–Kier alpha value is -1.31. The molecule has 1 atom stereocenters. The molecule has 0 radical (unpaired) electrons. The van der Waals surface area contributed by atoms with E-state index in [1.165, 1.54) is 30.2 Å². The molecule has 0 fully saturated rings. The lowest BCUT2D eigenvalue weighted by Gasteiger charge is -2.36. The highest BCUT2D eigenvalue weighted by Crippen LogP contribution is 2.41. The van der Waals surface area contributed by atoms with Gasteiger partial charge in [0.1, 0.15) is 5.82 Å². The van der Waals surface area contributed by atoms with Crippen LogP contribution in [0.5, 0.6) is 0 Å². The Labute approximate surface area is 114 Å². The first-order valence-electron chi connectivity index (χ1n) is 7.31. The second-order valence-corrected chi connectivity index (χ2v) is 6.53. The number of para-hydroxylation sites is 1. The SMILES string of the molecule is CCC(C)(C)C1CCc2[nH]c3c(F)cccc3c2C1. The van der Waals surface area contributed by atoms with Gasteiger partial charge in [0.15, 0.2) is 0 Å². The van der Waals surface area contributed by atoms with Crippen molar-refractivity contribution in [2.75, 3.05) is 0 Å². The van der Waals surface area contributed by atoms with Crippen LogP contribution in [0.2, 0.25) is 0 Å². The van der Waals surface area contributed by atoms with Crippen molar-refractivity contribution < 1.29 is 4.39 Å². The van der Waals surface area contributed by atoms with Crippen molar-refractivity contribution in [1.29, 1.82) is 0 Å². The van der Waals surface area contributed by atoms with Crippen LogP contribution in [0, 0.1) is 17.2 Å². The molecule has 0 spiro atoms. The van der Waals surface area contributed by atoms with Gasteiger partial charge in [0, 0.05) is 11.1 Å². The van der Waals surface area contributed by atoms with Crippen molar-refractivity contribution in [1.82, 2.24) is 4.98 Å². The topological polar surface area (TPSA) is 15.8 Å². The molecule has 1 aromatic carbocycles. The lowest BCUT2D eigenvalue weighted by atomic mass is 9.69. The molecule has 102 valence electrons. The van der Waals surface area contributed by atoms with Gasteiger partial charge < -0.3 is 4.98 Å². The number of rotatable bonds is 2. The molecule has 1 unspecified atom stereocenters. The van der Waals surface area contributed by atoms with Gasteiger partial charge in [0.25, 0.3) is 0 Å². The van der Waals surface area contributed by atoms with E-state index in [-0.39, 0.29) is 5.82 Å². The Morgan fingerprint density at radius 3 is 2.89 bits per heavy atom. The summed E-state index contributed by atoms with van der Waals surface area (Å²) < 4.78 is 13.8. The lowest BCUT2D eigenvalue weighted by molar-refractivity contribution is 0.183. The van der Waals surface area contributed by atoms with Crippen molar-refractivity contribution >= 4 is 10.9 Å². The van der Waals surface area contributed by atoms with Crippen LogP contribution in [0.1, 0.15) is 44.9 Å². The number of hydrogen-bond donors (Lipinski definition) is 1. The lowest BCUT2D eigenvalue weighted by Crippen LogP contribution is -2.28. The minimum absolute atomic E-state index is 0.127. The zero-order valence-electron chi connectivity index (χ0n) is 12.0. The van der Waals surface area contributed by atoms with E-state index in [0.717, 1.165) is 18.2 Å². The van der Waals surface area contributed by atoms with Crippen LogP contribution in [-0.2, 0) is 12.8 Å². The first-order chi connectivity index (χ1) is 9.03. The number of fused-ring (bicyclic) bond motifs is 3. The second kappa shape index (κ2) is 4.36. The highest BCUT2D eigenvalue weighted by Gasteiger charge is 2.32. The van der Waals surface area contributed by atoms with E-state index in [1.807, 2.05) is 6.07 Å². The molecule has 2 heteroatoms. The molecule has 0 saturated heterocycles. The highest BCUT2D eigenvalue weighted by atomic mass is 19.1. The fourth-order valence-electron chi connectivity index (χ4n) is 3.36. The number of aromatic nitrogens is 1. The predicted octanol–water partition coefficient (Wildman–Crippen LogP) is 4.85. The average molecular weight is 259 g/mol. The number of halogens is 1. The Morgan fingerprint density at radius 2 is 2.16 bits per heavy atom. The van der Waals surface area contributed by atoms with E-state index in [2.05, 4.69) is 31.8 Å². The standard InChI is InChI=1S/C17H22FN/c1-4-17(2,3)11-8-9-15-13(10-11)12-6-5-7-14(18)16(12)19-15/h5-7,11,19H,4,8-10H2,1-3H3. The molecule has 19 heavy (non-hydrogen) atoms. The highest BCUT2D eigenvalue weighted by molar-refractivity contribution is 5.85. The van der Waals surface area contributed by atoms with Crippen LogP contribution in [0.25, 0.3) is 10.9 Å². The molecule has 1 nitrogen and oxygen atoms in total. The van der Waals surface area contributed by atoms with E-state index in [4.69, 9.17) is 0 Å². The Kier molecular flexibility index (Phi) is 2.92. The van der Waals surface area contributed by atoms with Crippen molar-refractivity contribution in [3.63, 3.8) is 0 Å². The number of H-pyrrole nitrogens is 1.